The molecule has 1 aromatic carbocycles. The number of urea groups is 1. The highest BCUT2D eigenvalue weighted by atomic mass is 19.4. The molecule has 0 atom stereocenters. The van der Waals surface area contributed by atoms with Gasteiger partial charge in [-0.25, -0.2) is 9.18 Å². The van der Waals surface area contributed by atoms with Crippen LogP contribution in [0.1, 0.15) is 17.5 Å². The fourth-order valence-electron chi connectivity index (χ4n) is 1.64. The Bertz CT molecular complexity index is 561. The molecule has 0 spiro atoms. The van der Waals surface area contributed by atoms with Crippen LogP contribution in [0.2, 0.25) is 0 Å². The summed E-state index contributed by atoms with van der Waals surface area (Å²) in [6.07, 6.45) is -5.02. The zero-order chi connectivity index (χ0) is 16.9. The maximum absolute atomic E-state index is 12.9. The molecule has 2 N–H and O–H groups in total. The lowest BCUT2D eigenvalue weighted by molar-refractivity contribution is -0.139. The largest absolute Gasteiger partial charge is 0.481 e. The Morgan fingerprint density at radius 2 is 1.95 bits per heavy atom. The third kappa shape index (κ3) is 5.23. The van der Waals surface area contributed by atoms with Crippen LogP contribution < -0.4 is 5.32 Å². The topological polar surface area (TPSA) is 69.6 Å². The summed E-state index contributed by atoms with van der Waals surface area (Å²) in [7, 11) is 1.31. The Morgan fingerprint density at radius 1 is 1.32 bits per heavy atom. The van der Waals surface area contributed by atoms with E-state index >= 15 is 0 Å². The summed E-state index contributed by atoms with van der Waals surface area (Å²) in [4.78, 5) is 23.0. The van der Waals surface area contributed by atoms with Gasteiger partial charge in [-0.1, -0.05) is 6.07 Å². The summed E-state index contributed by atoms with van der Waals surface area (Å²) in [6, 6.07) is 1.44. The first-order valence-corrected chi connectivity index (χ1v) is 6.17. The van der Waals surface area contributed by atoms with Gasteiger partial charge in [-0.15, -0.1) is 0 Å². The van der Waals surface area contributed by atoms with Gasteiger partial charge in [0, 0.05) is 20.1 Å². The summed E-state index contributed by atoms with van der Waals surface area (Å²) in [6.45, 7) is -0.540. The molecule has 0 bridgehead atoms. The molecular formula is C13H14F4N2O3. The van der Waals surface area contributed by atoms with Crippen LogP contribution in [0.15, 0.2) is 18.2 Å². The highest BCUT2D eigenvalue weighted by Crippen LogP contribution is 2.32. The van der Waals surface area contributed by atoms with E-state index in [-0.39, 0.29) is 18.5 Å². The highest BCUT2D eigenvalue weighted by molar-refractivity contribution is 5.75. The van der Waals surface area contributed by atoms with E-state index in [1.165, 1.54) is 7.05 Å². The Kier molecular flexibility index (Phi) is 5.72. The second kappa shape index (κ2) is 7.10. The molecule has 0 aliphatic rings. The first kappa shape index (κ1) is 17.7. The van der Waals surface area contributed by atoms with Crippen LogP contribution in [0.3, 0.4) is 0 Å². The van der Waals surface area contributed by atoms with Gasteiger partial charge in [0.2, 0.25) is 0 Å². The fraction of sp³-hybridized carbons (Fsp3) is 0.385. The predicted octanol–water partition coefficient (Wildman–Crippen LogP) is 2.46. The Morgan fingerprint density at radius 3 is 2.50 bits per heavy atom. The van der Waals surface area contributed by atoms with Gasteiger partial charge in [0.1, 0.15) is 5.82 Å². The van der Waals surface area contributed by atoms with E-state index in [2.05, 4.69) is 5.32 Å². The van der Waals surface area contributed by atoms with Crippen molar-refractivity contribution >= 4 is 12.0 Å². The molecule has 0 aromatic heterocycles. The van der Waals surface area contributed by atoms with E-state index < -0.39 is 36.1 Å². The molecule has 0 heterocycles. The number of hydrogen-bond acceptors (Lipinski definition) is 2. The minimum Gasteiger partial charge on any atom is -0.481 e. The van der Waals surface area contributed by atoms with E-state index in [1.54, 1.807) is 0 Å². The van der Waals surface area contributed by atoms with Crippen molar-refractivity contribution in [1.29, 1.82) is 0 Å². The zero-order valence-electron chi connectivity index (χ0n) is 11.6. The third-order valence-electron chi connectivity index (χ3n) is 2.82. The maximum Gasteiger partial charge on any atom is 0.416 e. The molecule has 122 valence electrons. The molecule has 9 heteroatoms. The summed E-state index contributed by atoms with van der Waals surface area (Å²) < 4.78 is 51.2. The number of carbonyl (C=O) groups excluding carboxylic acids is 1. The molecule has 0 aliphatic carbocycles. The van der Waals surface area contributed by atoms with Gasteiger partial charge in [-0.05, 0) is 17.7 Å². The number of aliphatic carboxylic acids is 1. The van der Waals surface area contributed by atoms with Gasteiger partial charge in [-0.3, -0.25) is 4.79 Å². The van der Waals surface area contributed by atoms with E-state index in [1.807, 2.05) is 0 Å². The van der Waals surface area contributed by atoms with Gasteiger partial charge >= 0.3 is 18.2 Å². The second-order valence-corrected chi connectivity index (χ2v) is 4.52. The first-order valence-electron chi connectivity index (χ1n) is 6.17. The molecule has 0 radical (unpaired) electrons. The minimum atomic E-state index is -4.74. The number of nitrogens with one attached hydrogen (secondary N) is 1. The van der Waals surface area contributed by atoms with Crippen molar-refractivity contribution in [1.82, 2.24) is 10.2 Å². The van der Waals surface area contributed by atoms with Crippen molar-refractivity contribution in [2.75, 3.05) is 13.6 Å². The zero-order valence-corrected chi connectivity index (χ0v) is 11.6. The Labute approximate surface area is 123 Å². The van der Waals surface area contributed by atoms with Crippen LogP contribution in [0.4, 0.5) is 22.4 Å². The predicted molar refractivity (Wildman–Crippen MR) is 68.5 cm³/mol. The van der Waals surface area contributed by atoms with Crippen molar-refractivity contribution < 1.29 is 32.3 Å². The summed E-state index contributed by atoms with van der Waals surface area (Å²) in [5.74, 6) is -2.13. The molecule has 0 saturated carbocycles. The standard InChI is InChI=1S/C13H14F4N2O3/c1-19(5-4-11(20)21)12(22)18-7-8-2-3-9(14)6-10(8)13(15,16)17/h2-3,6H,4-5,7H2,1H3,(H,18,22)(H,20,21). The molecule has 1 rings (SSSR count). The number of benzene rings is 1. The second-order valence-electron chi connectivity index (χ2n) is 4.52. The van der Waals surface area contributed by atoms with Crippen LogP contribution in [-0.2, 0) is 17.5 Å². The number of amides is 2. The molecule has 0 aliphatic heterocycles. The lowest BCUT2D eigenvalue weighted by Crippen LogP contribution is -2.38. The highest BCUT2D eigenvalue weighted by Gasteiger charge is 2.33. The number of carbonyl (C=O) groups is 2. The van der Waals surface area contributed by atoms with E-state index in [0.717, 1.165) is 17.0 Å². The molecule has 0 fully saturated rings. The third-order valence-corrected chi connectivity index (χ3v) is 2.82. The van der Waals surface area contributed by atoms with Crippen molar-refractivity contribution in [2.45, 2.75) is 19.1 Å². The Balaban J connectivity index is 2.72. The van der Waals surface area contributed by atoms with E-state index in [0.29, 0.717) is 6.07 Å². The number of alkyl halides is 3. The average molecular weight is 322 g/mol. The van der Waals surface area contributed by atoms with E-state index in [9.17, 15) is 27.2 Å². The number of nitrogens with zero attached hydrogens (tertiary/aromatic N) is 1. The van der Waals surface area contributed by atoms with Crippen LogP contribution in [0.5, 0.6) is 0 Å². The van der Waals surface area contributed by atoms with Gasteiger partial charge in [0.05, 0.1) is 12.0 Å². The van der Waals surface area contributed by atoms with Crippen molar-refractivity contribution in [3.63, 3.8) is 0 Å². The minimum absolute atomic E-state index is 0.0866. The molecule has 0 unspecified atom stereocenters. The lowest BCUT2D eigenvalue weighted by Gasteiger charge is -2.18. The number of hydrogen-bond donors (Lipinski definition) is 2. The number of rotatable bonds is 5. The maximum atomic E-state index is 12.9. The monoisotopic (exact) mass is 322 g/mol. The molecule has 1 aromatic rings. The van der Waals surface area contributed by atoms with Crippen LogP contribution in [-0.4, -0.2) is 35.6 Å². The quantitative estimate of drug-likeness (QED) is 0.818. The first-order chi connectivity index (χ1) is 10.1. The average Bonchev–Trinajstić information content (AvgIpc) is 2.41. The molecule has 0 saturated heterocycles. The fourth-order valence-corrected chi connectivity index (χ4v) is 1.64. The van der Waals surface area contributed by atoms with Gasteiger partial charge in [-0.2, -0.15) is 13.2 Å². The molecule has 22 heavy (non-hydrogen) atoms. The van der Waals surface area contributed by atoms with Gasteiger partial charge in [0.25, 0.3) is 0 Å². The Hall–Kier alpha value is -2.32. The van der Waals surface area contributed by atoms with Gasteiger partial charge in [0.15, 0.2) is 0 Å². The number of halogens is 4. The lowest BCUT2D eigenvalue weighted by atomic mass is 10.1. The molecule has 5 nitrogen and oxygen atoms in total. The van der Waals surface area contributed by atoms with E-state index in [4.69, 9.17) is 5.11 Å². The van der Waals surface area contributed by atoms with Gasteiger partial charge < -0.3 is 15.3 Å². The smallest absolute Gasteiger partial charge is 0.416 e. The van der Waals surface area contributed by atoms with Crippen LogP contribution in [0, 0.1) is 5.82 Å². The number of carboxylic acid groups (broad SMARTS) is 1. The van der Waals surface area contributed by atoms with Crippen LogP contribution in [0.25, 0.3) is 0 Å². The van der Waals surface area contributed by atoms with Crippen LogP contribution >= 0.6 is 0 Å². The van der Waals surface area contributed by atoms with Crippen molar-refractivity contribution in [2.24, 2.45) is 0 Å². The van der Waals surface area contributed by atoms with Crippen molar-refractivity contribution in [3.8, 4) is 0 Å². The summed E-state index contributed by atoms with van der Waals surface area (Å²) in [5, 5.41) is 10.7. The molecule has 2 amide bonds. The molecular weight excluding hydrogens is 308 g/mol. The summed E-state index contributed by atoms with van der Waals surface area (Å²) in [5.41, 5.74) is -1.45. The van der Waals surface area contributed by atoms with Crippen molar-refractivity contribution in [3.05, 3.63) is 35.1 Å². The summed E-state index contributed by atoms with van der Waals surface area (Å²) >= 11 is 0. The number of carboxylic acids is 1. The SMILES string of the molecule is CN(CCC(=O)O)C(=O)NCc1ccc(F)cc1C(F)(F)F. The normalized spacial score (nSPS) is 11.1.